The zero-order valence-electron chi connectivity index (χ0n) is 10.4. The first kappa shape index (κ1) is 15.3. The Kier molecular flexibility index (Phi) is 4.95. The van der Waals surface area contributed by atoms with Crippen LogP contribution in [-0.2, 0) is 6.42 Å². The highest BCUT2D eigenvalue weighted by molar-refractivity contribution is 9.10. The van der Waals surface area contributed by atoms with Crippen molar-refractivity contribution in [3.63, 3.8) is 0 Å². The maximum Gasteiger partial charge on any atom is 0.391 e. The number of halogens is 4. The van der Waals surface area contributed by atoms with Gasteiger partial charge in [-0.3, -0.25) is 0 Å². The standard InChI is InChI=1S/C13H17BrF3NS/c14-10-5-6-19-12(10)7-11(18)8-1-3-9(4-2-8)13(15,16)17/h5-6,8-9,11H,1-4,7,18H2. The third kappa shape index (κ3) is 3.95. The Morgan fingerprint density at radius 1 is 1.32 bits per heavy atom. The van der Waals surface area contributed by atoms with E-state index in [9.17, 15) is 13.2 Å². The molecule has 0 radical (unpaired) electrons. The summed E-state index contributed by atoms with van der Waals surface area (Å²) in [6, 6.07) is 1.94. The summed E-state index contributed by atoms with van der Waals surface area (Å²) in [5.41, 5.74) is 6.17. The second-order valence-corrected chi connectivity index (χ2v) is 7.07. The molecule has 1 heterocycles. The smallest absolute Gasteiger partial charge is 0.327 e. The van der Waals surface area contributed by atoms with Gasteiger partial charge in [-0.1, -0.05) is 0 Å². The summed E-state index contributed by atoms with van der Waals surface area (Å²) in [7, 11) is 0. The molecule has 1 aromatic heterocycles. The molecule has 6 heteroatoms. The van der Waals surface area contributed by atoms with E-state index < -0.39 is 12.1 Å². The first-order chi connectivity index (χ1) is 8.88. The molecule has 1 nitrogen and oxygen atoms in total. The third-order valence-electron chi connectivity index (χ3n) is 3.95. The molecule has 1 aliphatic rings. The van der Waals surface area contributed by atoms with Crippen LogP contribution in [-0.4, -0.2) is 12.2 Å². The van der Waals surface area contributed by atoms with Gasteiger partial charge in [-0.15, -0.1) is 11.3 Å². The van der Waals surface area contributed by atoms with E-state index in [0.717, 1.165) is 10.9 Å². The van der Waals surface area contributed by atoms with Crippen molar-refractivity contribution in [2.75, 3.05) is 0 Å². The monoisotopic (exact) mass is 355 g/mol. The van der Waals surface area contributed by atoms with Gasteiger partial charge >= 0.3 is 6.18 Å². The Bertz CT molecular complexity index is 410. The second kappa shape index (κ2) is 6.14. The lowest BCUT2D eigenvalue weighted by atomic mass is 9.77. The number of nitrogens with two attached hydrogens (primary N) is 1. The highest BCUT2D eigenvalue weighted by atomic mass is 79.9. The summed E-state index contributed by atoms with van der Waals surface area (Å²) in [5.74, 6) is -0.906. The van der Waals surface area contributed by atoms with Crippen LogP contribution in [0.2, 0.25) is 0 Å². The molecule has 2 rings (SSSR count). The van der Waals surface area contributed by atoms with Crippen LogP contribution in [0, 0.1) is 11.8 Å². The van der Waals surface area contributed by atoms with Crippen LogP contribution in [0.25, 0.3) is 0 Å². The van der Waals surface area contributed by atoms with Crippen LogP contribution in [0.15, 0.2) is 15.9 Å². The topological polar surface area (TPSA) is 26.0 Å². The summed E-state index contributed by atoms with van der Waals surface area (Å²) in [4.78, 5) is 1.19. The van der Waals surface area contributed by atoms with Crippen LogP contribution in [0.5, 0.6) is 0 Å². The summed E-state index contributed by atoms with van der Waals surface area (Å²) in [5, 5.41) is 1.99. The molecular weight excluding hydrogens is 339 g/mol. The Labute approximate surface area is 123 Å². The Balaban J connectivity index is 1.86. The van der Waals surface area contributed by atoms with Crippen LogP contribution in [0.3, 0.4) is 0 Å². The average Bonchev–Trinajstić information content (AvgIpc) is 2.74. The van der Waals surface area contributed by atoms with Gasteiger partial charge in [0.05, 0.1) is 5.92 Å². The van der Waals surface area contributed by atoms with Crippen molar-refractivity contribution in [1.29, 1.82) is 0 Å². The molecule has 0 saturated heterocycles. The maximum absolute atomic E-state index is 12.6. The molecule has 108 valence electrons. The van der Waals surface area contributed by atoms with Crippen LogP contribution in [0.1, 0.15) is 30.6 Å². The van der Waals surface area contributed by atoms with Gasteiger partial charge in [0.1, 0.15) is 0 Å². The fourth-order valence-electron chi connectivity index (χ4n) is 2.73. The minimum atomic E-state index is -4.04. The molecule has 1 aliphatic carbocycles. The molecule has 0 aliphatic heterocycles. The number of thiophene rings is 1. The predicted octanol–water partition coefficient (Wildman–Crippen LogP) is 4.75. The molecule has 1 fully saturated rings. The van der Waals surface area contributed by atoms with Crippen molar-refractivity contribution in [2.24, 2.45) is 17.6 Å². The zero-order valence-corrected chi connectivity index (χ0v) is 12.8. The number of rotatable bonds is 3. The molecule has 2 N–H and O–H groups in total. The molecular formula is C13H17BrF3NS. The minimum Gasteiger partial charge on any atom is -0.327 e. The summed E-state index contributed by atoms with van der Waals surface area (Å²) in [6.45, 7) is 0. The first-order valence-corrected chi connectivity index (χ1v) is 8.09. The highest BCUT2D eigenvalue weighted by Gasteiger charge is 2.42. The number of hydrogen-bond acceptors (Lipinski definition) is 2. The summed E-state index contributed by atoms with van der Waals surface area (Å²) in [6.07, 6.45) is -1.64. The van der Waals surface area contributed by atoms with Crippen molar-refractivity contribution in [3.8, 4) is 0 Å². The number of alkyl halides is 3. The zero-order chi connectivity index (χ0) is 14.0. The molecule has 0 aromatic carbocycles. The van der Waals surface area contributed by atoms with E-state index in [1.54, 1.807) is 11.3 Å². The summed E-state index contributed by atoms with van der Waals surface area (Å²) < 4.78 is 38.8. The largest absolute Gasteiger partial charge is 0.391 e. The van der Waals surface area contributed by atoms with Gasteiger partial charge < -0.3 is 5.73 Å². The van der Waals surface area contributed by atoms with E-state index in [-0.39, 0.29) is 24.8 Å². The van der Waals surface area contributed by atoms with Crippen LogP contribution in [0.4, 0.5) is 13.2 Å². The maximum atomic E-state index is 12.6. The lowest BCUT2D eigenvalue weighted by molar-refractivity contribution is -0.184. The lowest BCUT2D eigenvalue weighted by Crippen LogP contribution is -2.37. The van der Waals surface area contributed by atoms with Crippen molar-refractivity contribution < 1.29 is 13.2 Å². The summed E-state index contributed by atoms with van der Waals surface area (Å²) >= 11 is 5.10. The predicted molar refractivity (Wildman–Crippen MR) is 75.2 cm³/mol. The third-order valence-corrected chi connectivity index (χ3v) is 5.90. The van der Waals surface area contributed by atoms with E-state index in [1.165, 1.54) is 4.88 Å². The average molecular weight is 356 g/mol. The van der Waals surface area contributed by atoms with Gasteiger partial charge in [-0.2, -0.15) is 13.2 Å². The molecule has 1 unspecified atom stereocenters. The van der Waals surface area contributed by atoms with E-state index in [2.05, 4.69) is 15.9 Å². The van der Waals surface area contributed by atoms with E-state index in [0.29, 0.717) is 12.8 Å². The van der Waals surface area contributed by atoms with E-state index in [1.807, 2.05) is 11.4 Å². The Morgan fingerprint density at radius 3 is 2.42 bits per heavy atom. The van der Waals surface area contributed by atoms with Crippen molar-refractivity contribution in [1.82, 2.24) is 0 Å². The van der Waals surface area contributed by atoms with Gasteiger partial charge in [-0.25, -0.2) is 0 Å². The van der Waals surface area contributed by atoms with E-state index >= 15 is 0 Å². The van der Waals surface area contributed by atoms with E-state index in [4.69, 9.17) is 5.73 Å². The second-order valence-electron chi connectivity index (χ2n) is 5.21. The minimum absolute atomic E-state index is 0.0378. The first-order valence-electron chi connectivity index (χ1n) is 6.42. The van der Waals surface area contributed by atoms with Crippen LogP contribution < -0.4 is 5.73 Å². The SMILES string of the molecule is NC(Cc1sccc1Br)C1CCC(C(F)(F)F)CC1. The van der Waals surface area contributed by atoms with Gasteiger partial charge in [0.25, 0.3) is 0 Å². The van der Waals surface area contributed by atoms with Crippen molar-refractivity contribution >= 4 is 27.3 Å². The molecule has 19 heavy (non-hydrogen) atoms. The lowest BCUT2D eigenvalue weighted by Gasteiger charge is -2.33. The molecule has 1 atom stereocenters. The van der Waals surface area contributed by atoms with Crippen molar-refractivity contribution in [2.45, 2.75) is 44.3 Å². The molecule has 0 amide bonds. The van der Waals surface area contributed by atoms with Gasteiger partial charge in [0.15, 0.2) is 0 Å². The normalized spacial score (nSPS) is 26.4. The molecule has 1 saturated carbocycles. The molecule has 0 spiro atoms. The Hall–Kier alpha value is -0.0700. The van der Waals surface area contributed by atoms with Crippen molar-refractivity contribution in [3.05, 3.63) is 20.8 Å². The molecule has 0 bridgehead atoms. The highest BCUT2D eigenvalue weighted by Crippen LogP contribution is 2.40. The Morgan fingerprint density at radius 2 is 1.95 bits per heavy atom. The molecule has 1 aromatic rings. The van der Waals surface area contributed by atoms with Crippen LogP contribution >= 0.6 is 27.3 Å². The fraction of sp³-hybridized carbons (Fsp3) is 0.692. The number of hydrogen-bond donors (Lipinski definition) is 1. The fourth-order valence-corrected chi connectivity index (χ4v) is 4.31. The van der Waals surface area contributed by atoms with Gasteiger partial charge in [-0.05, 0) is 65.4 Å². The van der Waals surface area contributed by atoms with Gasteiger partial charge in [0.2, 0.25) is 0 Å². The van der Waals surface area contributed by atoms with Gasteiger partial charge in [0, 0.05) is 15.4 Å². The quantitative estimate of drug-likeness (QED) is 0.831.